The number of amides is 1. The first-order valence-electron chi connectivity index (χ1n) is 6.47. The first kappa shape index (κ1) is 14.2. The fraction of sp³-hybridized carbons (Fsp3) is 0.250. The fourth-order valence-electron chi connectivity index (χ4n) is 2.18. The lowest BCUT2D eigenvalue weighted by molar-refractivity contribution is 0.0939. The Hall–Kier alpha value is -2.23. The highest BCUT2D eigenvalue weighted by Crippen LogP contribution is 2.19. The molecule has 0 bridgehead atoms. The van der Waals surface area contributed by atoms with Crippen molar-refractivity contribution < 1.29 is 9.18 Å². The molecule has 0 spiro atoms. The summed E-state index contributed by atoms with van der Waals surface area (Å²) in [5, 5.41) is 2.89. The van der Waals surface area contributed by atoms with E-state index in [-0.39, 0.29) is 11.9 Å². The van der Waals surface area contributed by atoms with Crippen LogP contribution in [0.4, 0.5) is 4.39 Å². The molecule has 0 saturated carbocycles. The van der Waals surface area contributed by atoms with Crippen LogP contribution in [0.1, 0.15) is 40.0 Å². The van der Waals surface area contributed by atoms with Gasteiger partial charge in [-0.05, 0) is 44.0 Å². The zero-order valence-corrected chi connectivity index (χ0v) is 11.8. The number of carbonyl (C=O) groups excluding carboxylic acids is 1. The van der Waals surface area contributed by atoms with E-state index in [4.69, 9.17) is 0 Å². The van der Waals surface area contributed by atoms with E-state index in [1.165, 1.54) is 23.9 Å². The van der Waals surface area contributed by atoms with Gasteiger partial charge in [0.05, 0.1) is 11.6 Å². The lowest BCUT2D eigenvalue weighted by Crippen LogP contribution is -2.27. The van der Waals surface area contributed by atoms with E-state index in [0.29, 0.717) is 5.56 Å². The van der Waals surface area contributed by atoms with Crippen LogP contribution in [0, 0.1) is 19.8 Å². The maximum absolute atomic E-state index is 12.7. The number of aromatic nitrogens is 1. The summed E-state index contributed by atoms with van der Waals surface area (Å²) in [7, 11) is 0. The van der Waals surface area contributed by atoms with Crippen molar-refractivity contribution in [2.24, 2.45) is 0 Å². The third-order valence-electron chi connectivity index (χ3n) is 3.23. The molecule has 1 N–H and O–H groups in total. The minimum atomic E-state index is -0.594. The van der Waals surface area contributed by atoms with E-state index in [0.717, 1.165) is 11.1 Å². The predicted octanol–water partition coefficient (Wildman–Crippen LogP) is 3.33. The minimum Gasteiger partial charge on any atom is -0.345 e. The lowest BCUT2D eigenvalue weighted by atomic mass is 10.00. The van der Waals surface area contributed by atoms with Crippen LogP contribution in [-0.4, -0.2) is 10.9 Å². The molecule has 0 saturated heterocycles. The van der Waals surface area contributed by atoms with Crippen LogP contribution in [0.15, 0.2) is 36.5 Å². The Morgan fingerprint density at radius 2 is 2.00 bits per heavy atom. The average molecular weight is 272 g/mol. The van der Waals surface area contributed by atoms with Crippen molar-refractivity contribution >= 4 is 5.91 Å². The summed E-state index contributed by atoms with van der Waals surface area (Å²) >= 11 is 0. The number of carbonyl (C=O) groups is 1. The second-order valence-electron chi connectivity index (χ2n) is 4.92. The van der Waals surface area contributed by atoms with E-state index < -0.39 is 5.95 Å². The zero-order chi connectivity index (χ0) is 14.7. The average Bonchev–Trinajstić information content (AvgIpc) is 2.39. The standard InChI is InChI=1S/C16H17FN2O/c1-10-4-6-14(11(2)8-10)12(3)19-16(20)13-5-7-15(17)18-9-13/h4-9,12H,1-3H3,(H,19,20). The molecule has 2 rings (SSSR count). The van der Waals surface area contributed by atoms with Crippen LogP contribution < -0.4 is 5.32 Å². The largest absolute Gasteiger partial charge is 0.345 e. The highest BCUT2D eigenvalue weighted by Gasteiger charge is 2.13. The maximum Gasteiger partial charge on any atom is 0.253 e. The molecule has 0 aliphatic heterocycles. The summed E-state index contributed by atoms with van der Waals surface area (Å²) in [5.41, 5.74) is 3.74. The van der Waals surface area contributed by atoms with Crippen LogP contribution in [0.2, 0.25) is 0 Å². The molecule has 1 unspecified atom stereocenters. The quantitative estimate of drug-likeness (QED) is 0.871. The van der Waals surface area contributed by atoms with Gasteiger partial charge < -0.3 is 5.32 Å². The number of nitrogens with zero attached hydrogens (tertiary/aromatic N) is 1. The molecule has 1 amide bonds. The highest BCUT2D eigenvalue weighted by molar-refractivity contribution is 5.94. The molecule has 1 aromatic heterocycles. The second kappa shape index (κ2) is 5.82. The summed E-state index contributed by atoms with van der Waals surface area (Å²) in [6.45, 7) is 5.97. The zero-order valence-electron chi connectivity index (χ0n) is 11.8. The van der Waals surface area contributed by atoms with Gasteiger partial charge in [0, 0.05) is 6.20 Å². The van der Waals surface area contributed by atoms with Crippen molar-refractivity contribution in [2.75, 3.05) is 0 Å². The van der Waals surface area contributed by atoms with Gasteiger partial charge in [0.2, 0.25) is 5.95 Å². The SMILES string of the molecule is Cc1ccc(C(C)NC(=O)c2ccc(F)nc2)c(C)c1. The summed E-state index contributed by atoms with van der Waals surface area (Å²) < 4.78 is 12.7. The van der Waals surface area contributed by atoms with Crippen LogP contribution in [0.25, 0.3) is 0 Å². The van der Waals surface area contributed by atoms with Gasteiger partial charge in [-0.25, -0.2) is 4.98 Å². The van der Waals surface area contributed by atoms with Gasteiger partial charge in [-0.3, -0.25) is 4.79 Å². The Morgan fingerprint density at radius 3 is 2.60 bits per heavy atom. The molecule has 1 heterocycles. The molecule has 0 radical (unpaired) electrons. The third-order valence-corrected chi connectivity index (χ3v) is 3.23. The van der Waals surface area contributed by atoms with Gasteiger partial charge >= 0.3 is 0 Å². The van der Waals surface area contributed by atoms with Gasteiger partial charge in [-0.2, -0.15) is 4.39 Å². The molecule has 0 aliphatic rings. The number of halogens is 1. The number of hydrogen-bond acceptors (Lipinski definition) is 2. The molecule has 104 valence electrons. The number of nitrogens with one attached hydrogen (secondary N) is 1. The van der Waals surface area contributed by atoms with Gasteiger partial charge in [0.15, 0.2) is 0 Å². The lowest BCUT2D eigenvalue weighted by Gasteiger charge is -2.17. The van der Waals surface area contributed by atoms with Gasteiger partial charge in [0.25, 0.3) is 5.91 Å². The molecule has 20 heavy (non-hydrogen) atoms. The first-order chi connectivity index (χ1) is 9.47. The molecule has 1 atom stereocenters. The van der Waals surface area contributed by atoms with Crippen LogP contribution >= 0.6 is 0 Å². The molecule has 2 aromatic rings. The molecule has 0 aliphatic carbocycles. The molecule has 3 nitrogen and oxygen atoms in total. The summed E-state index contributed by atoms with van der Waals surface area (Å²) in [6.07, 6.45) is 1.24. The second-order valence-corrected chi connectivity index (χ2v) is 4.92. The predicted molar refractivity (Wildman–Crippen MR) is 76.0 cm³/mol. The monoisotopic (exact) mass is 272 g/mol. The van der Waals surface area contributed by atoms with E-state index in [2.05, 4.69) is 16.4 Å². The Morgan fingerprint density at radius 1 is 1.25 bits per heavy atom. The topological polar surface area (TPSA) is 42.0 Å². The van der Waals surface area contributed by atoms with Crippen LogP contribution in [-0.2, 0) is 0 Å². The Bertz CT molecular complexity index is 623. The Balaban J connectivity index is 2.12. The van der Waals surface area contributed by atoms with Gasteiger partial charge in [-0.1, -0.05) is 23.8 Å². The van der Waals surface area contributed by atoms with E-state index in [1.54, 1.807) is 0 Å². The van der Waals surface area contributed by atoms with Crippen molar-refractivity contribution in [2.45, 2.75) is 26.8 Å². The molecule has 4 heteroatoms. The molecule has 1 aromatic carbocycles. The normalized spacial score (nSPS) is 12.0. The summed E-state index contributed by atoms with van der Waals surface area (Å²) in [5.74, 6) is -0.853. The van der Waals surface area contributed by atoms with Crippen molar-refractivity contribution in [1.29, 1.82) is 0 Å². The molecular formula is C16H17FN2O. The maximum atomic E-state index is 12.7. The van der Waals surface area contributed by atoms with Crippen molar-refractivity contribution in [3.8, 4) is 0 Å². The first-order valence-corrected chi connectivity index (χ1v) is 6.47. The Kier molecular flexibility index (Phi) is 4.13. The highest BCUT2D eigenvalue weighted by atomic mass is 19.1. The number of benzene rings is 1. The number of hydrogen-bond donors (Lipinski definition) is 1. The van der Waals surface area contributed by atoms with E-state index >= 15 is 0 Å². The summed E-state index contributed by atoms with van der Waals surface area (Å²) in [4.78, 5) is 15.5. The van der Waals surface area contributed by atoms with Crippen molar-refractivity contribution in [3.63, 3.8) is 0 Å². The minimum absolute atomic E-state index is 0.117. The van der Waals surface area contributed by atoms with Gasteiger partial charge in [-0.15, -0.1) is 0 Å². The van der Waals surface area contributed by atoms with Crippen molar-refractivity contribution in [3.05, 3.63) is 64.7 Å². The number of aryl methyl sites for hydroxylation is 2. The van der Waals surface area contributed by atoms with E-state index in [9.17, 15) is 9.18 Å². The Labute approximate surface area is 117 Å². The van der Waals surface area contributed by atoms with Crippen molar-refractivity contribution in [1.82, 2.24) is 10.3 Å². The van der Waals surface area contributed by atoms with Crippen LogP contribution in [0.3, 0.4) is 0 Å². The van der Waals surface area contributed by atoms with Crippen LogP contribution in [0.5, 0.6) is 0 Å². The number of pyridine rings is 1. The van der Waals surface area contributed by atoms with E-state index in [1.807, 2.05) is 32.9 Å². The third kappa shape index (κ3) is 3.20. The summed E-state index contributed by atoms with van der Waals surface area (Å²) in [6, 6.07) is 8.59. The molecule has 0 fully saturated rings. The molecular weight excluding hydrogens is 255 g/mol. The van der Waals surface area contributed by atoms with Gasteiger partial charge in [0.1, 0.15) is 0 Å². The fourth-order valence-corrected chi connectivity index (χ4v) is 2.18. The smallest absolute Gasteiger partial charge is 0.253 e. The number of rotatable bonds is 3.